The summed E-state index contributed by atoms with van der Waals surface area (Å²) in [4.78, 5) is 15.8. The van der Waals surface area contributed by atoms with E-state index in [1.165, 1.54) is 14.0 Å². The summed E-state index contributed by atoms with van der Waals surface area (Å²) in [5.74, 6) is -1.58. The SMILES string of the molecule is C=C1c2cccc(C(=O)OC)c2OC1(C)OO. The van der Waals surface area contributed by atoms with E-state index in [1.807, 2.05) is 0 Å². The van der Waals surface area contributed by atoms with Gasteiger partial charge in [0.2, 0.25) is 0 Å². The fourth-order valence-electron chi connectivity index (χ4n) is 1.73. The number of carbonyl (C=O) groups excluding carboxylic acids is 1. The number of para-hydroxylation sites is 1. The van der Waals surface area contributed by atoms with Crippen molar-refractivity contribution in [3.8, 4) is 5.75 Å². The topological polar surface area (TPSA) is 65.0 Å². The fourth-order valence-corrected chi connectivity index (χ4v) is 1.73. The second-order valence-electron chi connectivity index (χ2n) is 3.79. The third-order valence-corrected chi connectivity index (χ3v) is 2.76. The smallest absolute Gasteiger partial charge is 0.341 e. The average Bonchev–Trinajstić information content (AvgIpc) is 2.62. The summed E-state index contributed by atoms with van der Waals surface area (Å²) in [6.07, 6.45) is 0. The molecule has 0 fully saturated rings. The highest BCUT2D eigenvalue weighted by Gasteiger charge is 2.42. The van der Waals surface area contributed by atoms with E-state index in [1.54, 1.807) is 18.2 Å². The Kier molecular flexibility index (Phi) is 2.65. The van der Waals surface area contributed by atoms with Crippen LogP contribution in [0.2, 0.25) is 0 Å². The largest absolute Gasteiger partial charge is 0.465 e. The maximum Gasteiger partial charge on any atom is 0.341 e. The molecule has 1 heterocycles. The van der Waals surface area contributed by atoms with E-state index in [0.717, 1.165) is 0 Å². The lowest BCUT2D eigenvalue weighted by Crippen LogP contribution is -2.31. The van der Waals surface area contributed by atoms with E-state index >= 15 is 0 Å². The summed E-state index contributed by atoms with van der Waals surface area (Å²) in [5.41, 5.74) is 1.33. The number of benzene rings is 1. The number of carbonyl (C=O) groups is 1. The number of ether oxygens (including phenoxy) is 2. The van der Waals surface area contributed by atoms with Gasteiger partial charge in [0.25, 0.3) is 5.79 Å². The Hall–Kier alpha value is -1.85. The summed E-state index contributed by atoms with van der Waals surface area (Å²) in [5, 5.41) is 8.85. The molecule has 90 valence electrons. The summed E-state index contributed by atoms with van der Waals surface area (Å²) in [6.45, 7) is 5.29. The predicted octanol–water partition coefficient (Wildman–Crippen LogP) is 2.08. The Bertz CT molecular complexity index is 494. The molecule has 0 aliphatic carbocycles. The third-order valence-electron chi connectivity index (χ3n) is 2.76. The van der Waals surface area contributed by atoms with E-state index < -0.39 is 11.8 Å². The van der Waals surface area contributed by atoms with Crippen LogP contribution < -0.4 is 4.74 Å². The molecule has 0 spiro atoms. The minimum Gasteiger partial charge on any atom is -0.465 e. The molecule has 1 aromatic rings. The van der Waals surface area contributed by atoms with Gasteiger partial charge >= 0.3 is 5.97 Å². The molecular formula is C12H12O5. The highest BCUT2D eigenvalue weighted by atomic mass is 17.1. The Labute approximate surface area is 98.2 Å². The van der Waals surface area contributed by atoms with Crippen molar-refractivity contribution in [1.82, 2.24) is 0 Å². The lowest BCUT2D eigenvalue weighted by atomic mass is 10.0. The van der Waals surface area contributed by atoms with Crippen LogP contribution in [0.15, 0.2) is 24.8 Å². The van der Waals surface area contributed by atoms with Crippen LogP contribution in [-0.2, 0) is 9.62 Å². The first-order valence-electron chi connectivity index (χ1n) is 4.96. The zero-order chi connectivity index (χ0) is 12.6. The monoisotopic (exact) mass is 236 g/mol. The van der Waals surface area contributed by atoms with E-state index in [2.05, 4.69) is 16.2 Å². The van der Waals surface area contributed by atoms with Crippen LogP contribution in [0.1, 0.15) is 22.8 Å². The maximum absolute atomic E-state index is 11.5. The number of hydrogen-bond donors (Lipinski definition) is 1. The van der Waals surface area contributed by atoms with Gasteiger partial charge in [0.1, 0.15) is 11.3 Å². The molecule has 0 amide bonds. The average molecular weight is 236 g/mol. The van der Waals surface area contributed by atoms with Crippen molar-refractivity contribution in [3.63, 3.8) is 0 Å². The van der Waals surface area contributed by atoms with Crippen LogP contribution in [0, 0.1) is 0 Å². The van der Waals surface area contributed by atoms with Crippen LogP contribution in [-0.4, -0.2) is 24.1 Å². The fraction of sp³-hybridized carbons (Fsp3) is 0.250. The Morgan fingerprint density at radius 3 is 2.82 bits per heavy atom. The zero-order valence-electron chi connectivity index (χ0n) is 9.52. The van der Waals surface area contributed by atoms with Crippen molar-refractivity contribution in [2.45, 2.75) is 12.7 Å². The predicted molar refractivity (Wildman–Crippen MR) is 59.6 cm³/mol. The minimum atomic E-state index is -1.37. The molecule has 0 radical (unpaired) electrons. The first-order valence-corrected chi connectivity index (χ1v) is 4.96. The summed E-state index contributed by atoms with van der Waals surface area (Å²) in [7, 11) is 1.28. The van der Waals surface area contributed by atoms with Crippen LogP contribution in [0.25, 0.3) is 5.57 Å². The minimum absolute atomic E-state index is 0.270. The number of esters is 1. The van der Waals surface area contributed by atoms with E-state index in [4.69, 9.17) is 9.99 Å². The molecule has 17 heavy (non-hydrogen) atoms. The van der Waals surface area contributed by atoms with Crippen LogP contribution in [0.4, 0.5) is 0 Å². The van der Waals surface area contributed by atoms with Crippen molar-refractivity contribution in [2.75, 3.05) is 7.11 Å². The van der Waals surface area contributed by atoms with E-state index in [9.17, 15) is 4.79 Å². The molecule has 0 aromatic heterocycles. The first kappa shape index (κ1) is 11.6. The van der Waals surface area contributed by atoms with Crippen molar-refractivity contribution < 1.29 is 24.4 Å². The highest BCUT2D eigenvalue weighted by Crippen LogP contribution is 2.45. The molecule has 1 unspecified atom stereocenters. The van der Waals surface area contributed by atoms with Crippen LogP contribution in [0.5, 0.6) is 5.75 Å². The van der Waals surface area contributed by atoms with Gasteiger partial charge in [-0.3, -0.25) is 0 Å². The normalized spacial score (nSPS) is 21.9. The molecule has 0 saturated heterocycles. The molecule has 5 heteroatoms. The standard InChI is InChI=1S/C12H12O5/c1-7-8-5-4-6-9(11(13)15-3)10(8)16-12(7,2)17-14/h4-6,14H,1H2,2-3H3. The van der Waals surface area contributed by atoms with Crippen molar-refractivity contribution in [3.05, 3.63) is 35.9 Å². The van der Waals surface area contributed by atoms with Gasteiger partial charge in [0, 0.05) is 18.1 Å². The van der Waals surface area contributed by atoms with Crippen LogP contribution in [0.3, 0.4) is 0 Å². The lowest BCUT2D eigenvalue weighted by molar-refractivity contribution is -0.347. The van der Waals surface area contributed by atoms with E-state index in [-0.39, 0.29) is 5.56 Å². The van der Waals surface area contributed by atoms with Gasteiger partial charge in [-0.05, 0) is 6.07 Å². The summed E-state index contributed by atoms with van der Waals surface area (Å²) < 4.78 is 10.1. The third kappa shape index (κ3) is 1.60. The molecule has 1 N–H and O–H groups in total. The second-order valence-corrected chi connectivity index (χ2v) is 3.79. The number of methoxy groups -OCH3 is 1. The zero-order valence-corrected chi connectivity index (χ0v) is 9.52. The first-order chi connectivity index (χ1) is 8.03. The molecule has 1 aliphatic heterocycles. The maximum atomic E-state index is 11.5. The lowest BCUT2D eigenvalue weighted by Gasteiger charge is -2.20. The van der Waals surface area contributed by atoms with Crippen LogP contribution >= 0.6 is 0 Å². The second kappa shape index (κ2) is 3.87. The molecule has 0 saturated carbocycles. The van der Waals surface area contributed by atoms with Crippen molar-refractivity contribution >= 4 is 11.5 Å². The van der Waals surface area contributed by atoms with Crippen molar-refractivity contribution in [2.24, 2.45) is 0 Å². The molecule has 1 aliphatic rings. The van der Waals surface area contributed by atoms with Crippen molar-refractivity contribution in [1.29, 1.82) is 0 Å². The Morgan fingerprint density at radius 1 is 1.53 bits per heavy atom. The van der Waals surface area contributed by atoms with Gasteiger partial charge in [-0.25, -0.2) is 10.1 Å². The molecule has 5 nitrogen and oxygen atoms in total. The molecule has 2 rings (SSSR count). The van der Waals surface area contributed by atoms with Gasteiger partial charge in [-0.2, -0.15) is 4.89 Å². The number of fused-ring (bicyclic) bond motifs is 1. The van der Waals surface area contributed by atoms with Gasteiger partial charge in [-0.1, -0.05) is 18.7 Å². The highest BCUT2D eigenvalue weighted by molar-refractivity contribution is 5.96. The summed E-state index contributed by atoms with van der Waals surface area (Å²) in [6, 6.07) is 4.98. The van der Waals surface area contributed by atoms with Gasteiger partial charge in [0.05, 0.1) is 7.11 Å². The number of rotatable bonds is 2. The van der Waals surface area contributed by atoms with Gasteiger partial charge in [-0.15, -0.1) is 0 Å². The molecular weight excluding hydrogens is 224 g/mol. The molecule has 1 aromatic carbocycles. The van der Waals surface area contributed by atoms with E-state index in [0.29, 0.717) is 16.9 Å². The molecule has 0 bridgehead atoms. The summed E-state index contributed by atoms with van der Waals surface area (Å²) >= 11 is 0. The van der Waals surface area contributed by atoms with Gasteiger partial charge < -0.3 is 9.47 Å². The Balaban J connectivity index is 2.55. The van der Waals surface area contributed by atoms with Gasteiger partial charge in [0.15, 0.2) is 0 Å². The Morgan fingerprint density at radius 2 is 2.24 bits per heavy atom. The quantitative estimate of drug-likeness (QED) is 0.484. The molecule has 1 atom stereocenters. The number of hydrogen-bond acceptors (Lipinski definition) is 5.